The first kappa shape index (κ1) is 14.2. The lowest BCUT2D eigenvalue weighted by atomic mass is 10.1. The van der Waals surface area contributed by atoms with Gasteiger partial charge in [-0.15, -0.1) is 0 Å². The van der Waals surface area contributed by atoms with Crippen LogP contribution < -0.4 is 5.32 Å². The lowest BCUT2D eigenvalue weighted by Gasteiger charge is -2.10. The lowest BCUT2D eigenvalue weighted by Crippen LogP contribution is -2.29. The molecule has 1 atom stereocenters. The summed E-state index contributed by atoms with van der Waals surface area (Å²) in [4.78, 5) is 19.3. The zero-order valence-corrected chi connectivity index (χ0v) is 11.6. The van der Waals surface area contributed by atoms with Gasteiger partial charge in [0, 0.05) is 0 Å². The van der Waals surface area contributed by atoms with Crippen molar-refractivity contribution in [3.05, 3.63) is 65.7 Å². The normalized spacial score (nSPS) is 12.3. The SMILES string of the molecule is O=C(NCc1nc2ccccc2[nH]1)C(O)c1ccc(F)cc1. The third-order valence-corrected chi connectivity index (χ3v) is 3.30. The van der Waals surface area contributed by atoms with Crippen LogP contribution in [0.2, 0.25) is 0 Å². The topological polar surface area (TPSA) is 78.0 Å². The van der Waals surface area contributed by atoms with Gasteiger partial charge in [-0.05, 0) is 29.8 Å². The number of amides is 1. The molecule has 0 aliphatic heterocycles. The summed E-state index contributed by atoms with van der Waals surface area (Å²) < 4.78 is 12.8. The van der Waals surface area contributed by atoms with Crippen molar-refractivity contribution >= 4 is 16.9 Å². The molecule has 1 amide bonds. The average Bonchev–Trinajstić information content (AvgIpc) is 2.95. The van der Waals surface area contributed by atoms with Gasteiger partial charge in [0.2, 0.25) is 0 Å². The zero-order valence-electron chi connectivity index (χ0n) is 11.6. The maximum absolute atomic E-state index is 12.8. The molecule has 0 saturated carbocycles. The molecule has 0 aliphatic carbocycles. The lowest BCUT2D eigenvalue weighted by molar-refractivity contribution is -0.129. The Morgan fingerprint density at radius 3 is 2.68 bits per heavy atom. The number of nitrogens with one attached hydrogen (secondary N) is 2. The predicted octanol–water partition coefficient (Wildman–Crippen LogP) is 2.05. The standard InChI is InChI=1S/C16H14FN3O2/c17-11-7-5-10(6-8-11)15(21)16(22)18-9-14-19-12-3-1-2-4-13(12)20-14/h1-8,15,21H,9H2,(H,18,22)(H,19,20). The molecular formula is C16H14FN3O2. The van der Waals surface area contributed by atoms with Crippen molar-refractivity contribution < 1.29 is 14.3 Å². The fourth-order valence-corrected chi connectivity index (χ4v) is 2.15. The summed E-state index contributed by atoms with van der Waals surface area (Å²) in [5.41, 5.74) is 2.03. The first-order valence-electron chi connectivity index (χ1n) is 6.78. The van der Waals surface area contributed by atoms with E-state index < -0.39 is 17.8 Å². The number of rotatable bonds is 4. The maximum atomic E-state index is 12.8. The second-order valence-corrected chi connectivity index (χ2v) is 4.87. The Labute approximate surface area is 125 Å². The van der Waals surface area contributed by atoms with Crippen LogP contribution in [0.1, 0.15) is 17.5 Å². The fraction of sp³-hybridized carbons (Fsp3) is 0.125. The van der Waals surface area contributed by atoms with E-state index in [4.69, 9.17) is 0 Å². The van der Waals surface area contributed by atoms with E-state index in [9.17, 15) is 14.3 Å². The number of aliphatic hydroxyl groups is 1. The summed E-state index contributed by atoms with van der Waals surface area (Å²) in [6.07, 6.45) is -1.34. The van der Waals surface area contributed by atoms with Crippen LogP contribution in [0.25, 0.3) is 11.0 Å². The largest absolute Gasteiger partial charge is 0.378 e. The van der Waals surface area contributed by atoms with Gasteiger partial charge in [0.25, 0.3) is 5.91 Å². The number of hydrogen-bond donors (Lipinski definition) is 3. The number of carbonyl (C=O) groups excluding carboxylic acids is 1. The number of benzene rings is 2. The Morgan fingerprint density at radius 1 is 1.23 bits per heavy atom. The van der Waals surface area contributed by atoms with Gasteiger partial charge in [0.15, 0.2) is 6.10 Å². The van der Waals surface area contributed by atoms with Crippen LogP contribution in [0, 0.1) is 5.82 Å². The van der Waals surface area contributed by atoms with E-state index in [1.807, 2.05) is 24.3 Å². The quantitative estimate of drug-likeness (QED) is 0.690. The molecule has 3 rings (SSSR count). The van der Waals surface area contributed by atoms with E-state index in [0.29, 0.717) is 11.4 Å². The Balaban J connectivity index is 1.65. The Morgan fingerprint density at radius 2 is 1.95 bits per heavy atom. The highest BCUT2D eigenvalue weighted by Gasteiger charge is 2.17. The van der Waals surface area contributed by atoms with E-state index in [1.165, 1.54) is 24.3 Å². The Bertz CT molecular complexity index is 766. The average molecular weight is 299 g/mol. The summed E-state index contributed by atoms with van der Waals surface area (Å²) in [6.45, 7) is 0.172. The van der Waals surface area contributed by atoms with E-state index >= 15 is 0 Å². The number of carbonyl (C=O) groups is 1. The molecular weight excluding hydrogens is 285 g/mol. The summed E-state index contributed by atoms with van der Waals surface area (Å²) >= 11 is 0. The maximum Gasteiger partial charge on any atom is 0.253 e. The molecule has 3 aromatic rings. The van der Waals surface area contributed by atoms with Gasteiger partial charge in [0.1, 0.15) is 11.6 Å². The smallest absolute Gasteiger partial charge is 0.253 e. The van der Waals surface area contributed by atoms with Crippen molar-refractivity contribution in [1.29, 1.82) is 0 Å². The predicted molar refractivity (Wildman–Crippen MR) is 79.3 cm³/mol. The number of aromatic nitrogens is 2. The molecule has 0 radical (unpaired) electrons. The number of H-pyrrole nitrogens is 1. The minimum Gasteiger partial charge on any atom is -0.378 e. The molecule has 0 aliphatic rings. The molecule has 22 heavy (non-hydrogen) atoms. The van der Waals surface area contributed by atoms with Crippen LogP contribution in [0.3, 0.4) is 0 Å². The molecule has 2 aromatic carbocycles. The van der Waals surface area contributed by atoms with Gasteiger partial charge in [0.05, 0.1) is 17.6 Å². The van der Waals surface area contributed by atoms with Crippen LogP contribution >= 0.6 is 0 Å². The summed E-state index contributed by atoms with van der Waals surface area (Å²) in [5, 5.41) is 12.5. The number of imidazole rings is 1. The number of hydrogen-bond acceptors (Lipinski definition) is 3. The van der Waals surface area contributed by atoms with Gasteiger partial charge in [-0.2, -0.15) is 0 Å². The summed E-state index contributed by atoms with van der Waals surface area (Å²) in [7, 11) is 0. The molecule has 0 fully saturated rings. The van der Waals surface area contributed by atoms with Crippen molar-refractivity contribution in [3.8, 4) is 0 Å². The third kappa shape index (κ3) is 2.96. The molecule has 1 unspecified atom stereocenters. The summed E-state index contributed by atoms with van der Waals surface area (Å²) in [6, 6.07) is 12.7. The minimum atomic E-state index is -1.34. The highest BCUT2D eigenvalue weighted by atomic mass is 19.1. The van der Waals surface area contributed by atoms with Crippen molar-refractivity contribution in [2.45, 2.75) is 12.6 Å². The first-order valence-corrected chi connectivity index (χ1v) is 6.78. The Hall–Kier alpha value is -2.73. The molecule has 1 heterocycles. The third-order valence-electron chi connectivity index (χ3n) is 3.30. The molecule has 112 valence electrons. The molecule has 5 nitrogen and oxygen atoms in total. The number of aromatic amines is 1. The summed E-state index contributed by atoms with van der Waals surface area (Å²) in [5.74, 6) is -0.383. The second-order valence-electron chi connectivity index (χ2n) is 4.87. The van der Waals surface area contributed by atoms with E-state index in [2.05, 4.69) is 15.3 Å². The van der Waals surface area contributed by atoms with Gasteiger partial charge in [-0.25, -0.2) is 9.37 Å². The molecule has 0 bridgehead atoms. The minimum absolute atomic E-state index is 0.172. The molecule has 3 N–H and O–H groups in total. The molecule has 1 aromatic heterocycles. The number of fused-ring (bicyclic) bond motifs is 1. The van der Waals surface area contributed by atoms with E-state index in [-0.39, 0.29) is 6.54 Å². The monoisotopic (exact) mass is 299 g/mol. The van der Waals surface area contributed by atoms with Crippen LogP contribution in [-0.2, 0) is 11.3 Å². The zero-order chi connectivity index (χ0) is 15.5. The van der Waals surface area contributed by atoms with Crippen molar-refractivity contribution in [3.63, 3.8) is 0 Å². The van der Waals surface area contributed by atoms with Crippen LogP contribution in [0.15, 0.2) is 48.5 Å². The van der Waals surface area contributed by atoms with Gasteiger partial charge in [-0.3, -0.25) is 4.79 Å². The van der Waals surface area contributed by atoms with Gasteiger partial charge >= 0.3 is 0 Å². The van der Waals surface area contributed by atoms with Crippen molar-refractivity contribution in [2.24, 2.45) is 0 Å². The fourth-order valence-electron chi connectivity index (χ4n) is 2.15. The highest BCUT2D eigenvalue weighted by Crippen LogP contribution is 2.14. The van der Waals surface area contributed by atoms with Gasteiger partial charge < -0.3 is 15.4 Å². The Kier molecular flexibility index (Phi) is 3.84. The van der Waals surface area contributed by atoms with Crippen LogP contribution in [0.5, 0.6) is 0 Å². The first-order chi connectivity index (χ1) is 10.6. The van der Waals surface area contributed by atoms with Crippen molar-refractivity contribution in [1.82, 2.24) is 15.3 Å². The number of para-hydroxylation sites is 2. The van der Waals surface area contributed by atoms with Crippen LogP contribution in [0.4, 0.5) is 4.39 Å². The van der Waals surface area contributed by atoms with E-state index in [0.717, 1.165) is 11.0 Å². The molecule has 6 heteroatoms. The van der Waals surface area contributed by atoms with Crippen molar-refractivity contribution in [2.75, 3.05) is 0 Å². The van der Waals surface area contributed by atoms with E-state index in [1.54, 1.807) is 0 Å². The second kappa shape index (κ2) is 5.95. The molecule has 0 saturated heterocycles. The molecule has 0 spiro atoms. The number of aliphatic hydroxyl groups excluding tert-OH is 1. The van der Waals surface area contributed by atoms with Crippen LogP contribution in [-0.4, -0.2) is 21.0 Å². The number of nitrogens with zero attached hydrogens (tertiary/aromatic N) is 1. The van der Waals surface area contributed by atoms with Gasteiger partial charge in [-0.1, -0.05) is 24.3 Å². The number of halogens is 1. The highest BCUT2D eigenvalue weighted by molar-refractivity contribution is 5.82.